The van der Waals surface area contributed by atoms with Gasteiger partial charge in [0.05, 0.1) is 18.1 Å². The summed E-state index contributed by atoms with van der Waals surface area (Å²) >= 11 is 1.41. The van der Waals surface area contributed by atoms with Gasteiger partial charge in [0.25, 0.3) is 10.2 Å². The first-order valence-corrected chi connectivity index (χ1v) is 11.1. The molecule has 0 radical (unpaired) electrons. The molecule has 3 rings (SSSR count). The predicted molar refractivity (Wildman–Crippen MR) is 106 cm³/mol. The second-order valence-electron chi connectivity index (χ2n) is 7.25. The van der Waals surface area contributed by atoms with Gasteiger partial charge >= 0.3 is 5.97 Å². The van der Waals surface area contributed by atoms with E-state index in [9.17, 15) is 28.2 Å². The van der Waals surface area contributed by atoms with E-state index in [1.165, 1.54) is 16.7 Å². The number of carboxylic acid groups (broad SMARTS) is 1. The largest absolute Gasteiger partial charge is 0.477 e. The number of aliphatic hydroxyl groups excluding tert-OH is 1. The van der Waals surface area contributed by atoms with Crippen LogP contribution in [0.3, 0.4) is 0 Å². The third kappa shape index (κ3) is 4.91. The van der Waals surface area contributed by atoms with Crippen molar-refractivity contribution in [2.24, 2.45) is 17.0 Å². The lowest BCUT2D eigenvalue weighted by Gasteiger charge is -2.46. The number of thioether (sulfide) groups is 1. The summed E-state index contributed by atoms with van der Waals surface area (Å²) in [5.74, 6) is -2.27. The maximum absolute atomic E-state index is 12.3. The van der Waals surface area contributed by atoms with E-state index in [1.807, 2.05) is 6.92 Å². The Bertz CT molecular complexity index is 787. The number of nitrogens with two attached hydrogens (primary N) is 1. The van der Waals surface area contributed by atoms with E-state index >= 15 is 0 Å². The van der Waals surface area contributed by atoms with Crippen molar-refractivity contribution in [1.82, 2.24) is 14.9 Å². The molecule has 29 heavy (non-hydrogen) atoms. The van der Waals surface area contributed by atoms with Gasteiger partial charge in [-0.15, -0.1) is 11.8 Å². The van der Waals surface area contributed by atoms with Crippen LogP contribution in [0.2, 0.25) is 0 Å². The molecule has 0 aliphatic carbocycles. The van der Waals surface area contributed by atoms with Gasteiger partial charge in [-0.05, 0) is 13.3 Å². The monoisotopic (exact) mass is 456 g/mol. The van der Waals surface area contributed by atoms with Crippen molar-refractivity contribution in [2.45, 2.75) is 43.7 Å². The second-order valence-corrected chi connectivity index (χ2v) is 9.97. The minimum atomic E-state index is -3.76. The molecule has 3 aliphatic heterocycles. The number of nitrogens with zero attached hydrogens (tertiary/aromatic N) is 1. The molecule has 12 nitrogen and oxygen atoms in total. The smallest absolute Gasteiger partial charge is 0.353 e. The molecule has 2 saturated heterocycles. The van der Waals surface area contributed by atoms with Crippen LogP contribution >= 0.6 is 11.8 Å². The van der Waals surface area contributed by atoms with Crippen LogP contribution in [0.1, 0.15) is 20.3 Å². The number of carbonyl (C=O) groups excluding carboxylic acids is 1. The number of β-lactam (4-membered cyclic amide) rings is 1. The number of aliphatic hydroxyl groups is 1. The van der Waals surface area contributed by atoms with Gasteiger partial charge in [-0.25, -0.2) is 14.7 Å². The summed E-state index contributed by atoms with van der Waals surface area (Å²) in [6, 6.07) is -0.435. The molecule has 3 heterocycles. The van der Waals surface area contributed by atoms with E-state index in [4.69, 9.17) is 5.14 Å². The first-order chi connectivity index (χ1) is 12.5. The molecule has 0 aromatic carbocycles. The van der Waals surface area contributed by atoms with Gasteiger partial charge in [-0.2, -0.15) is 8.42 Å². The minimum absolute atomic E-state index is 0. The van der Waals surface area contributed by atoms with Gasteiger partial charge in [-0.3, -0.25) is 4.79 Å². The van der Waals surface area contributed by atoms with E-state index in [-0.39, 0.29) is 52.4 Å². The Balaban J connectivity index is 0.00000210. The van der Waals surface area contributed by atoms with E-state index in [0.29, 0.717) is 17.9 Å². The van der Waals surface area contributed by atoms with Gasteiger partial charge in [0, 0.05) is 35.2 Å². The highest BCUT2D eigenvalue weighted by atomic mass is 32.2. The Hall–Kier alpha value is -1.26. The van der Waals surface area contributed by atoms with E-state index in [0.717, 1.165) is 0 Å². The first-order valence-electron chi connectivity index (χ1n) is 8.67. The highest BCUT2D eigenvalue weighted by Gasteiger charge is 2.60. The Morgan fingerprint density at radius 2 is 2.07 bits per heavy atom. The van der Waals surface area contributed by atoms with Gasteiger partial charge in [0.1, 0.15) is 5.70 Å². The van der Waals surface area contributed by atoms with Crippen LogP contribution in [0.15, 0.2) is 10.6 Å². The molecule has 3 aliphatic rings. The minimum Gasteiger partial charge on any atom is -0.477 e. The van der Waals surface area contributed by atoms with E-state index in [1.54, 1.807) is 6.92 Å². The third-order valence-corrected chi connectivity index (χ3v) is 7.40. The molecule has 0 aromatic rings. The molecule has 14 heteroatoms. The van der Waals surface area contributed by atoms with Crippen molar-refractivity contribution in [1.29, 1.82) is 0 Å². The number of nitrogens with one attached hydrogen (secondary N) is 2. The van der Waals surface area contributed by atoms with Crippen molar-refractivity contribution in [3.05, 3.63) is 10.6 Å². The van der Waals surface area contributed by atoms with E-state index < -0.39 is 28.2 Å². The van der Waals surface area contributed by atoms with Crippen LogP contribution in [0, 0.1) is 11.8 Å². The lowest BCUT2D eigenvalue weighted by atomic mass is 9.79. The zero-order valence-electron chi connectivity index (χ0n) is 16.0. The number of amides is 1. The first kappa shape index (κ1) is 25.8. The number of hydrogen-bond donors (Lipinski definition) is 5. The summed E-state index contributed by atoms with van der Waals surface area (Å²) in [5.41, 5.74) is 0.00510. The van der Waals surface area contributed by atoms with Crippen molar-refractivity contribution in [2.75, 3.05) is 13.1 Å². The number of carbonyl (C=O) groups is 2. The Morgan fingerprint density at radius 3 is 2.59 bits per heavy atom. The molecular formula is C15H28N4O8S2. The lowest BCUT2D eigenvalue weighted by molar-refractivity contribution is -0.163. The lowest BCUT2D eigenvalue weighted by Crippen LogP contribution is -2.63. The zero-order valence-corrected chi connectivity index (χ0v) is 17.6. The maximum Gasteiger partial charge on any atom is 0.353 e. The fourth-order valence-electron chi connectivity index (χ4n) is 4.10. The highest BCUT2D eigenvalue weighted by Crippen LogP contribution is 2.51. The van der Waals surface area contributed by atoms with Crippen molar-refractivity contribution in [3.63, 3.8) is 0 Å². The molecule has 0 spiro atoms. The normalized spacial score (nSPS) is 32.2. The number of rotatable bonds is 7. The summed E-state index contributed by atoms with van der Waals surface area (Å²) in [6.07, 6.45) is -0.197. The molecule has 10 N–H and O–H groups in total. The number of hydrogen-bond acceptors (Lipinski definition) is 7. The molecule has 0 unspecified atom stereocenters. The SMILES string of the molecule is C[C@@H](O)[C@H]1C(=O)N2C(C(=O)O)=C(S[C@@H]3CN[C@H](CNS(N)(=O)=O)C3)[C@H](C)[C@H]12.O.O. The average Bonchev–Trinajstić information content (AvgIpc) is 3.07. The third-order valence-electron chi connectivity index (χ3n) is 5.32. The van der Waals surface area contributed by atoms with Crippen molar-refractivity contribution < 1.29 is 39.2 Å². The van der Waals surface area contributed by atoms with Crippen molar-refractivity contribution in [3.8, 4) is 0 Å². The summed E-state index contributed by atoms with van der Waals surface area (Å²) in [7, 11) is -3.76. The molecule has 6 atom stereocenters. The van der Waals surface area contributed by atoms with Gasteiger partial charge in [0.15, 0.2) is 0 Å². The van der Waals surface area contributed by atoms with Gasteiger partial charge in [0.2, 0.25) is 5.91 Å². The summed E-state index contributed by atoms with van der Waals surface area (Å²) in [4.78, 5) is 26.1. The van der Waals surface area contributed by atoms with Crippen LogP contribution in [0.4, 0.5) is 0 Å². The summed E-state index contributed by atoms with van der Waals surface area (Å²) in [6.45, 7) is 4.17. The fraction of sp³-hybridized carbons (Fsp3) is 0.733. The summed E-state index contributed by atoms with van der Waals surface area (Å²) in [5, 5.41) is 27.7. The predicted octanol–water partition coefficient (Wildman–Crippen LogP) is -3.25. The Morgan fingerprint density at radius 1 is 1.45 bits per heavy atom. The van der Waals surface area contributed by atoms with E-state index in [2.05, 4.69) is 10.0 Å². The van der Waals surface area contributed by atoms with Crippen LogP contribution < -0.4 is 15.2 Å². The Labute approximate surface area is 172 Å². The topological polar surface area (TPSA) is 225 Å². The molecule has 0 aromatic heterocycles. The Kier molecular flexibility index (Phi) is 8.23. The van der Waals surface area contributed by atoms with Crippen LogP contribution in [-0.2, 0) is 19.8 Å². The summed E-state index contributed by atoms with van der Waals surface area (Å²) < 4.78 is 24.3. The zero-order chi connectivity index (χ0) is 20.1. The number of fused-ring (bicyclic) bond motifs is 1. The molecule has 0 bridgehead atoms. The van der Waals surface area contributed by atoms with Crippen LogP contribution in [-0.4, -0.2) is 82.9 Å². The van der Waals surface area contributed by atoms with Gasteiger partial charge < -0.3 is 31.4 Å². The quantitative estimate of drug-likeness (QED) is 0.244. The molecular weight excluding hydrogens is 428 g/mol. The van der Waals surface area contributed by atoms with Crippen LogP contribution in [0.5, 0.6) is 0 Å². The molecule has 2 fully saturated rings. The second kappa shape index (κ2) is 9.26. The van der Waals surface area contributed by atoms with Crippen molar-refractivity contribution >= 4 is 33.8 Å². The number of aliphatic carboxylic acids is 1. The maximum atomic E-state index is 12.3. The highest BCUT2D eigenvalue weighted by molar-refractivity contribution is 8.03. The molecule has 1 amide bonds. The molecule has 168 valence electrons. The average molecular weight is 457 g/mol. The fourth-order valence-corrected chi connectivity index (χ4v) is 6.05. The van der Waals surface area contributed by atoms with Crippen LogP contribution in [0.25, 0.3) is 0 Å². The molecule has 0 saturated carbocycles. The van der Waals surface area contributed by atoms with Gasteiger partial charge in [-0.1, -0.05) is 6.92 Å². The standard InChI is InChI=1S/C15H24N4O6S2.2H2O/c1-6-11-10(7(2)20)14(21)19(11)12(15(22)23)13(6)26-9-3-8(17-5-9)4-18-27(16,24)25;;/h6-11,17-18,20H,3-5H2,1-2H3,(H,22,23)(H2,16,24,25);2*1H2/t6-,7-,8+,9+,10-,11-;;/m1../s1. The number of carboxylic acids is 1.